The number of hydrogen-bond acceptors (Lipinski definition) is 4. The van der Waals surface area contributed by atoms with Crippen LogP contribution in [0.15, 0.2) is 48.5 Å². The molecule has 0 saturated carbocycles. The highest BCUT2D eigenvalue weighted by Crippen LogP contribution is 2.42. The minimum Gasteiger partial charge on any atom is -0.490 e. The Hall–Kier alpha value is -3.02. The second kappa shape index (κ2) is 8.55. The number of carboxylic acid groups (broad SMARTS) is 1. The standard InChI is InChI=1S/C23H27NO5/c1-4-28-20-14-17(10-11-19(20)29-15-21(25)26)22(27)24-13-12-18(23(24,2)3)16-8-6-5-7-9-16/h5-11,14,18H,4,12-13,15H2,1-3H3,(H,25,26). The van der Waals surface area contributed by atoms with Gasteiger partial charge in [-0.1, -0.05) is 30.3 Å². The Morgan fingerprint density at radius 1 is 1.10 bits per heavy atom. The Labute approximate surface area is 171 Å². The van der Waals surface area contributed by atoms with Gasteiger partial charge in [0.1, 0.15) is 0 Å². The first-order valence-electron chi connectivity index (χ1n) is 9.83. The van der Waals surface area contributed by atoms with Gasteiger partial charge in [0.05, 0.1) is 6.61 Å². The summed E-state index contributed by atoms with van der Waals surface area (Å²) in [5, 5.41) is 8.83. The molecule has 0 aromatic heterocycles. The maximum Gasteiger partial charge on any atom is 0.341 e. The molecule has 1 saturated heterocycles. The Morgan fingerprint density at radius 3 is 2.48 bits per heavy atom. The number of likely N-dealkylation sites (tertiary alicyclic amines) is 1. The minimum atomic E-state index is -1.07. The lowest BCUT2D eigenvalue weighted by Gasteiger charge is -2.36. The fraction of sp³-hybridized carbons (Fsp3) is 0.391. The monoisotopic (exact) mass is 397 g/mol. The molecule has 0 radical (unpaired) electrons. The third-order valence-corrected chi connectivity index (χ3v) is 5.48. The van der Waals surface area contributed by atoms with Crippen molar-refractivity contribution in [3.63, 3.8) is 0 Å². The van der Waals surface area contributed by atoms with Crippen LogP contribution in [0.25, 0.3) is 0 Å². The van der Waals surface area contributed by atoms with E-state index in [0.717, 1.165) is 6.42 Å². The van der Waals surface area contributed by atoms with Gasteiger partial charge in [-0.3, -0.25) is 4.79 Å². The lowest BCUT2D eigenvalue weighted by atomic mass is 9.82. The summed E-state index contributed by atoms with van der Waals surface area (Å²) in [5.74, 6) is -0.195. The Kier molecular flexibility index (Phi) is 6.11. The van der Waals surface area contributed by atoms with Crippen LogP contribution in [0.2, 0.25) is 0 Å². The van der Waals surface area contributed by atoms with Gasteiger partial charge < -0.3 is 19.5 Å². The molecule has 1 heterocycles. The number of nitrogens with zero attached hydrogens (tertiary/aromatic N) is 1. The number of aliphatic carboxylic acids is 1. The van der Waals surface area contributed by atoms with Gasteiger partial charge in [0.2, 0.25) is 0 Å². The second-order valence-corrected chi connectivity index (χ2v) is 7.64. The van der Waals surface area contributed by atoms with Crippen molar-refractivity contribution in [1.82, 2.24) is 4.90 Å². The van der Waals surface area contributed by atoms with Crippen molar-refractivity contribution in [3.05, 3.63) is 59.7 Å². The summed E-state index contributed by atoms with van der Waals surface area (Å²) in [6.07, 6.45) is 0.904. The average Bonchev–Trinajstić information content (AvgIpc) is 3.01. The summed E-state index contributed by atoms with van der Waals surface area (Å²) >= 11 is 0. The summed E-state index contributed by atoms with van der Waals surface area (Å²) < 4.78 is 10.9. The van der Waals surface area contributed by atoms with E-state index in [1.54, 1.807) is 18.2 Å². The molecule has 0 spiro atoms. The molecular formula is C23H27NO5. The molecule has 0 bridgehead atoms. The minimum absolute atomic E-state index is 0.0702. The number of ether oxygens (including phenoxy) is 2. The molecule has 1 amide bonds. The maximum atomic E-state index is 13.3. The number of carbonyl (C=O) groups is 2. The van der Waals surface area contributed by atoms with Gasteiger partial charge in [-0.15, -0.1) is 0 Å². The molecule has 1 fully saturated rings. The molecule has 3 rings (SSSR count). The zero-order valence-electron chi connectivity index (χ0n) is 17.1. The van der Waals surface area contributed by atoms with Gasteiger partial charge in [0, 0.05) is 23.6 Å². The Balaban J connectivity index is 1.84. The number of amides is 1. The Morgan fingerprint density at radius 2 is 1.83 bits per heavy atom. The molecule has 6 nitrogen and oxygen atoms in total. The number of rotatable bonds is 7. The van der Waals surface area contributed by atoms with E-state index in [1.165, 1.54) is 5.56 Å². The van der Waals surface area contributed by atoms with Crippen molar-refractivity contribution in [2.75, 3.05) is 19.8 Å². The van der Waals surface area contributed by atoms with Crippen molar-refractivity contribution >= 4 is 11.9 Å². The molecule has 2 aromatic rings. The number of benzene rings is 2. The van der Waals surface area contributed by atoms with Crippen LogP contribution in [0, 0.1) is 0 Å². The van der Waals surface area contributed by atoms with E-state index in [0.29, 0.717) is 30.2 Å². The Bertz CT molecular complexity index is 878. The summed E-state index contributed by atoms with van der Waals surface area (Å²) in [4.78, 5) is 26.0. The highest BCUT2D eigenvalue weighted by atomic mass is 16.5. The van der Waals surface area contributed by atoms with Crippen molar-refractivity contribution in [2.24, 2.45) is 0 Å². The zero-order valence-corrected chi connectivity index (χ0v) is 17.1. The summed E-state index contributed by atoms with van der Waals surface area (Å²) in [6.45, 7) is 6.61. The predicted octanol–water partition coefficient (Wildman–Crippen LogP) is 3.96. The molecule has 1 unspecified atom stereocenters. The van der Waals surface area contributed by atoms with Gasteiger partial charge in [0.25, 0.3) is 5.91 Å². The van der Waals surface area contributed by atoms with E-state index in [4.69, 9.17) is 14.6 Å². The molecule has 1 aliphatic heterocycles. The normalized spacial score (nSPS) is 17.8. The smallest absolute Gasteiger partial charge is 0.341 e. The molecule has 6 heteroatoms. The van der Waals surface area contributed by atoms with Gasteiger partial charge in [0.15, 0.2) is 18.1 Å². The lowest BCUT2D eigenvalue weighted by molar-refractivity contribution is -0.139. The average molecular weight is 397 g/mol. The first kappa shape index (κ1) is 20.7. The van der Waals surface area contributed by atoms with E-state index in [9.17, 15) is 9.59 Å². The largest absolute Gasteiger partial charge is 0.490 e. The van der Waals surface area contributed by atoms with Gasteiger partial charge in [-0.2, -0.15) is 0 Å². The van der Waals surface area contributed by atoms with E-state index in [2.05, 4.69) is 26.0 Å². The van der Waals surface area contributed by atoms with Crippen LogP contribution < -0.4 is 9.47 Å². The van der Waals surface area contributed by atoms with Crippen LogP contribution in [0.3, 0.4) is 0 Å². The number of hydrogen-bond donors (Lipinski definition) is 1. The van der Waals surface area contributed by atoms with Crippen LogP contribution in [-0.2, 0) is 4.79 Å². The molecule has 29 heavy (non-hydrogen) atoms. The highest BCUT2D eigenvalue weighted by molar-refractivity contribution is 5.95. The fourth-order valence-electron chi connectivity index (χ4n) is 4.03. The van der Waals surface area contributed by atoms with Crippen LogP contribution >= 0.6 is 0 Å². The molecule has 1 aliphatic rings. The number of carboxylic acids is 1. The zero-order chi connectivity index (χ0) is 21.0. The van der Waals surface area contributed by atoms with Gasteiger partial charge in [-0.05, 0) is 51.0 Å². The molecular weight excluding hydrogens is 370 g/mol. The second-order valence-electron chi connectivity index (χ2n) is 7.64. The fourth-order valence-corrected chi connectivity index (χ4v) is 4.03. The highest BCUT2D eigenvalue weighted by Gasteiger charge is 2.44. The van der Waals surface area contributed by atoms with Gasteiger partial charge in [-0.25, -0.2) is 4.79 Å². The van der Waals surface area contributed by atoms with Crippen molar-refractivity contribution in [1.29, 1.82) is 0 Å². The van der Waals surface area contributed by atoms with E-state index < -0.39 is 12.6 Å². The first-order valence-corrected chi connectivity index (χ1v) is 9.83. The van der Waals surface area contributed by atoms with Gasteiger partial charge >= 0.3 is 5.97 Å². The van der Waals surface area contributed by atoms with E-state index >= 15 is 0 Å². The SMILES string of the molecule is CCOc1cc(C(=O)N2CCC(c3ccccc3)C2(C)C)ccc1OCC(=O)O. The third-order valence-electron chi connectivity index (χ3n) is 5.48. The predicted molar refractivity (Wildman–Crippen MR) is 110 cm³/mol. The van der Waals surface area contributed by atoms with E-state index in [-0.39, 0.29) is 17.4 Å². The van der Waals surface area contributed by atoms with Crippen LogP contribution in [0.1, 0.15) is 49.0 Å². The van der Waals surface area contributed by atoms with Crippen molar-refractivity contribution in [2.45, 2.75) is 38.6 Å². The molecule has 154 valence electrons. The summed E-state index contributed by atoms with van der Waals surface area (Å²) in [5.41, 5.74) is 1.40. The van der Waals surface area contributed by atoms with Crippen LogP contribution in [0.4, 0.5) is 0 Å². The van der Waals surface area contributed by atoms with Crippen LogP contribution in [-0.4, -0.2) is 47.2 Å². The topological polar surface area (TPSA) is 76.1 Å². The van der Waals surface area contributed by atoms with Crippen molar-refractivity contribution < 1.29 is 24.2 Å². The summed E-state index contributed by atoms with van der Waals surface area (Å²) in [6, 6.07) is 15.2. The molecule has 1 atom stereocenters. The molecule has 1 N–H and O–H groups in total. The number of carbonyl (C=O) groups excluding carboxylic acids is 1. The van der Waals surface area contributed by atoms with Crippen molar-refractivity contribution in [3.8, 4) is 11.5 Å². The maximum absolute atomic E-state index is 13.3. The quantitative estimate of drug-likeness (QED) is 0.765. The summed E-state index contributed by atoms with van der Waals surface area (Å²) in [7, 11) is 0. The third kappa shape index (κ3) is 4.36. The van der Waals surface area contributed by atoms with Crippen LogP contribution in [0.5, 0.6) is 11.5 Å². The lowest BCUT2D eigenvalue weighted by Crippen LogP contribution is -2.45. The molecule has 2 aromatic carbocycles. The molecule has 0 aliphatic carbocycles. The first-order chi connectivity index (χ1) is 13.8. The van der Waals surface area contributed by atoms with E-state index in [1.807, 2.05) is 30.0 Å².